The first-order valence-electron chi connectivity index (χ1n) is 5.05. The molecular formula is C11H20OS. The molecule has 0 heterocycles. The lowest BCUT2D eigenvalue weighted by Crippen LogP contribution is -2.10. The van der Waals surface area contributed by atoms with Gasteiger partial charge in [0, 0.05) is 6.42 Å². The second kappa shape index (κ2) is 8.36. The number of hydrogen-bond donors (Lipinski definition) is 1. The molecule has 0 aliphatic heterocycles. The van der Waals surface area contributed by atoms with E-state index >= 15 is 0 Å². The molecule has 2 heteroatoms. The molecular weight excluding hydrogens is 180 g/mol. The zero-order chi connectivity index (χ0) is 10.1. The molecule has 0 saturated heterocycles. The maximum atomic E-state index is 11.3. The zero-order valence-corrected chi connectivity index (χ0v) is 9.35. The Kier molecular flexibility index (Phi) is 8.21. The van der Waals surface area contributed by atoms with Crippen molar-refractivity contribution in [2.24, 2.45) is 0 Å². The van der Waals surface area contributed by atoms with Gasteiger partial charge in [0.15, 0.2) is 0 Å². The number of carbonyl (C=O) groups excluding carboxylic acids is 1. The molecule has 0 aromatic heterocycles. The van der Waals surface area contributed by atoms with E-state index in [0.717, 1.165) is 12.8 Å². The van der Waals surface area contributed by atoms with E-state index in [-0.39, 0.29) is 11.0 Å². The molecule has 1 nitrogen and oxygen atoms in total. The van der Waals surface area contributed by atoms with Crippen LogP contribution in [0.3, 0.4) is 0 Å². The molecule has 0 fully saturated rings. The van der Waals surface area contributed by atoms with Gasteiger partial charge in [0.05, 0.1) is 5.25 Å². The molecule has 0 saturated carbocycles. The van der Waals surface area contributed by atoms with E-state index in [1.807, 2.05) is 0 Å². The molecule has 0 amide bonds. The van der Waals surface area contributed by atoms with Crippen molar-refractivity contribution in [1.29, 1.82) is 0 Å². The van der Waals surface area contributed by atoms with E-state index in [2.05, 4.69) is 26.1 Å². The summed E-state index contributed by atoms with van der Waals surface area (Å²) < 4.78 is 0. The fourth-order valence-electron chi connectivity index (χ4n) is 1.18. The maximum absolute atomic E-state index is 11.3. The highest BCUT2D eigenvalue weighted by atomic mass is 32.1. The van der Waals surface area contributed by atoms with E-state index < -0.39 is 0 Å². The van der Waals surface area contributed by atoms with Crippen LogP contribution >= 0.6 is 12.6 Å². The summed E-state index contributed by atoms with van der Waals surface area (Å²) in [5, 5.41) is -0.258. The molecule has 0 rings (SSSR count). The third-order valence-corrected chi connectivity index (χ3v) is 2.58. The molecule has 0 radical (unpaired) electrons. The van der Waals surface area contributed by atoms with Crippen LogP contribution in [0.5, 0.6) is 0 Å². The summed E-state index contributed by atoms with van der Waals surface area (Å²) in [5.74, 6) is 0.204. The van der Waals surface area contributed by atoms with Crippen LogP contribution in [0, 0.1) is 0 Å². The summed E-state index contributed by atoms with van der Waals surface area (Å²) in [5.41, 5.74) is 0. The van der Waals surface area contributed by atoms with Crippen LogP contribution in [0.1, 0.15) is 45.4 Å². The second-order valence-corrected chi connectivity index (χ2v) is 3.87. The third-order valence-electron chi connectivity index (χ3n) is 2.08. The van der Waals surface area contributed by atoms with Crippen molar-refractivity contribution in [3.05, 3.63) is 12.7 Å². The van der Waals surface area contributed by atoms with Gasteiger partial charge < -0.3 is 0 Å². The van der Waals surface area contributed by atoms with Gasteiger partial charge in [-0.25, -0.2) is 0 Å². The van der Waals surface area contributed by atoms with Crippen LogP contribution in [0.15, 0.2) is 12.7 Å². The van der Waals surface area contributed by atoms with E-state index in [1.165, 1.54) is 19.3 Å². The standard InChI is InChI=1S/C11H20OS/c1-3-5-6-7-8-9-10(12)11(13)4-2/h4,11,13H,2-3,5-9H2,1H3. The number of ketones is 1. The summed E-state index contributed by atoms with van der Waals surface area (Å²) in [4.78, 5) is 11.3. The lowest BCUT2D eigenvalue weighted by atomic mass is 10.1. The summed E-state index contributed by atoms with van der Waals surface area (Å²) >= 11 is 4.10. The monoisotopic (exact) mass is 200 g/mol. The van der Waals surface area contributed by atoms with Crippen molar-refractivity contribution >= 4 is 18.4 Å². The minimum atomic E-state index is -0.258. The number of hydrogen-bond acceptors (Lipinski definition) is 2. The molecule has 76 valence electrons. The number of carbonyl (C=O) groups is 1. The first kappa shape index (κ1) is 12.8. The number of Topliss-reactive ketones (excluding diaryl/α,β-unsaturated/α-hetero) is 1. The number of unbranched alkanes of at least 4 members (excludes halogenated alkanes) is 4. The Hall–Kier alpha value is -0.240. The minimum Gasteiger partial charge on any atom is -0.298 e. The van der Waals surface area contributed by atoms with E-state index in [4.69, 9.17) is 0 Å². The summed E-state index contributed by atoms with van der Waals surface area (Å²) in [6.45, 7) is 5.73. The fourth-order valence-corrected chi connectivity index (χ4v) is 1.31. The highest BCUT2D eigenvalue weighted by Gasteiger charge is 2.08. The summed E-state index contributed by atoms with van der Waals surface area (Å²) in [7, 11) is 0. The van der Waals surface area contributed by atoms with Crippen LogP contribution in [0.4, 0.5) is 0 Å². The predicted octanol–water partition coefficient (Wildman–Crippen LogP) is 3.40. The van der Waals surface area contributed by atoms with E-state index in [0.29, 0.717) is 6.42 Å². The van der Waals surface area contributed by atoms with Gasteiger partial charge in [0.25, 0.3) is 0 Å². The van der Waals surface area contributed by atoms with Crippen molar-refractivity contribution < 1.29 is 4.79 Å². The quantitative estimate of drug-likeness (QED) is 0.361. The molecule has 13 heavy (non-hydrogen) atoms. The van der Waals surface area contributed by atoms with Crippen molar-refractivity contribution in [3.63, 3.8) is 0 Å². The van der Waals surface area contributed by atoms with Gasteiger partial charge in [-0.15, -0.1) is 6.58 Å². The van der Waals surface area contributed by atoms with Crippen LogP contribution in [0.2, 0.25) is 0 Å². The Bertz CT molecular complexity index is 154. The van der Waals surface area contributed by atoms with Gasteiger partial charge in [-0.1, -0.05) is 38.7 Å². The Morgan fingerprint density at radius 3 is 2.54 bits per heavy atom. The SMILES string of the molecule is C=CC(S)C(=O)CCCCCCC. The molecule has 1 unspecified atom stereocenters. The fraction of sp³-hybridized carbons (Fsp3) is 0.727. The molecule has 0 aliphatic carbocycles. The predicted molar refractivity (Wildman–Crippen MR) is 61.4 cm³/mol. The highest BCUT2D eigenvalue weighted by Crippen LogP contribution is 2.08. The molecule has 0 spiro atoms. The normalized spacial score (nSPS) is 12.5. The van der Waals surface area contributed by atoms with Gasteiger partial charge in [-0.2, -0.15) is 12.6 Å². The third kappa shape index (κ3) is 6.88. The van der Waals surface area contributed by atoms with Crippen molar-refractivity contribution in [1.82, 2.24) is 0 Å². The van der Waals surface area contributed by atoms with Gasteiger partial charge in [0.2, 0.25) is 0 Å². The second-order valence-electron chi connectivity index (χ2n) is 3.31. The molecule has 1 atom stereocenters. The smallest absolute Gasteiger partial charge is 0.149 e. The lowest BCUT2D eigenvalue weighted by Gasteiger charge is -2.03. The largest absolute Gasteiger partial charge is 0.298 e. The zero-order valence-electron chi connectivity index (χ0n) is 8.46. The Balaban J connectivity index is 3.32. The summed E-state index contributed by atoms with van der Waals surface area (Å²) in [6, 6.07) is 0. The van der Waals surface area contributed by atoms with Crippen LogP contribution in [-0.2, 0) is 4.79 Å². The molecule has 0 aromatic carbocycles. The Morgan fingerprint density at radius 1 is 1.38 bits per heavy atom. The van der Waals surface area contributed by atoms with Crippen molar-refractivity contribution in [2.75, 3.05) is 0 Å². The average Bonchev–Trinajstić information content (AvgIpc) is 2.16. The Labute approximate surface area is 87.0 Å². The topological polar surface area (TPSA) is 17.1 Å². The van der Waals surface area contributed by atoms with E-state index in [1.54, 1.807) is 6.08 Å². The van der Waals surface area contributed by atoms with Crippen LogP contribution in [-0.4, -0.2) is 11.0 Å². The average molecular weight is 200 g/mol. The molecule has 0 aliphatic rings. The van der Waals surface area contributed by atoms with Crippen molar-refractivity contribution in [2.45, 2.75) is 50.7 Å². The molecule has 0 N–H and O–H groups in total. The molecule has 0 bridgehead atoms. The minimum absolute atomic E-state index is 0.204. The number of thiol groups is 1. The maximum Gasteiger partial charge on any atom is 0.149 e. The summed E-state index contributed by atoms with van der Waals surface area (Å²) in [6.07, 6.45) is 8.19. The lowest BCUT2D eigenvalue weighted by molar-refractivity contribution is -0.117. The van der Waals surface area contributed by atoms with Gasteiger partial charge in [-0.3, -0.25) is 4.79 Å². The van der Waals surface area contributed by atoms with Gasteiger partial charge >= 0.3 is 0 Å². The van der Waals surface area contributed by atoms with Gasteiger partial charge in [-0.05, 0) is 6.42 Å². The molecule has 0 aromatic rings. The van der Waals surface area contributed by atoms with Crippen LogP contribution < -0.4 is 0 Å². The van der Waals surface area contributed by atoms with Crippen molar-refractivity contribution in [3.8, 4) is 0 Å². The van der Waals surface area contributed by atoms with Crippen LogP contribution in [0.25, 0.3) is 0 Å². The van der Waals surface area contributed by atoms with E-state index in [9.17, 15) is 4.79 Å². The highest BCUT2D eigenvalue weighted by molar-refractivity contribution is 7.82. The first-order chi connectivity index (χ1) is 6.22. The first-order valence-corrected chi connectivity index (χ1v) is 5.57. The number of rotatable bonds is 8. The van der Waals surface area contributed by atoms with Gasteiger partial charge in [0.1, 0.15) is 5.78 Å². The Morgan fingerprint density at radius 2 is 2.00 bits per heavy atom.